The smallest absolute Gasteiger partial charge is 0 e. The molecule has 11 heterocycles. The van der Waals surface area contributed by atoms with E-state index in [1.165, 1.54) is 61.0 Å². The van der Waals surface area contributed by atoms with E-state index in [4.69, 9.17) is 111 Å². The maximum atomic E-state index is 5.76. The van der Waals surface area contributed by atoms with Crippen LogP contribution in [0.2, 0.25) is 30.9 Å². The molecule has 5 fully saturated rings. The summed E-state index contributed by atoms with van der Waals surface area (Å²) in [7, 11) is 0. The van der Waals surface area contributed by atoms with Gasteiger partial charge in [0.1, 0.15) is 104 Å². The van der Waals surface area contributed by atoms with Gasteiger partial charge in [0.2, 0.25) is 0 Å². The van der Waals surface area contributed by atoms with Crippen LogP contribution in [-0.2, 0) is 52.1 Å². The zero-order chi connectivity index (χ0) is 80.4. The van der Waals surface area contributed by atoms with Crippen molar-refractivity contribution in [1.29, 1.82) is 0 Å². The molecule has 19 N–H and O–H groups in total. The maximum absolute atomic E-state index is 5.76. The first-order valence-electron chi connectivity index (χ1n) is 28.1. The van der Waals surface area contributed by atoms with Gasteiger partial charge in [-0.15, -0.1) is 0 Å². The number of alkyl halides is 8. The number of aromatic nitrogens is 12. The fourth-order valence-electron chi connectivity index (χ4n) is 6.14. The van der Waals surface area contributed by atoms with E-state index in [1.54, 1.807) is 6.07 Å². The minimum atomic E-state index is -0.278. The van der Waals surface area contributed by atoms with Gasteiger partial charge in [-0.25, -0.2) is 77.3 Å². The Morgan fingerprint density at radius 2 is 0.533 bits per heavy atom. The van der Waals surface area contributed by atoms with E-state index in [0.29, 0.717) is 48.4 Å². The number of nitrogen functional groups attached to an aromatic ring is 3. The van der Waals surface area contributed by atoms with Gasteiger partial charge < -0.3 is 72.7 Å². The number of ether oxygens (including phenoxy) is 5. The standard InChI is InChI=1S/C8H10ClN3O.2C8H13N5O.2C4H2Cl2N2.C4H5ClN4.2C4H9NO.2CH2I2.4CH3I.CH4.CH3.6HI.2H4N2.3V/c9-7-5-8(11-6-10-7)12-1-3-13-4-2-12;2*9-12-7-5-8(11-6-10-7)13-1-3-14-4-2-13;2*5-3-1-4(6)8-2-7-3;5-3-1-4(9-6)8-2-7-3;2*1-3-6-4-2-5-1;2*2-1-3;4*1-2;;;;;;;;;2*1-2;;;/h5-6H,1-4H2;2*5-6H,1-4,9H2,(H,10,11,12);2*1-2H;1-2H,6H2,(H,7,8,9);2*5H,1-4H2;2*1H2;4*1H3;1H4;1H3;6*1H;2*1-2H2;;;/q;;;;;;;;;;;;;;;-1;;;;;;;;;;2*+3/p-6. The Bertz CT molecular complexity index is 2550. The second-order valence-electron chi connectivity index (χ2n) is 15.8. The van der Waals surface area contributed by atoms with E-state index in [1.807, 2.05) is 31.9 Å². The van der Waals surface area contributed by atoms with Crippen LogP contribution in [-0.4, -0.2) is 216 Å². The number of morpholine rings is 5. The number of nitrogens with one attached hydrogen (secondary N) is 5. The average Bonchev–Trinajstić information content (AvgIpc) is 0.879. The van der Waals surface area contributed by atoms with Crippen molar-refractivity contribution in [2.45, 2.75) is 7.43 Å². The van der Waals surface area contributed by atoms with Crippen molar-refractivity contribution >= 4 is 405 Å². The van der Waals surface area contributed by atoms with Gasteiger partial charge in [-0.1, -0.05) is 258 Å². The molecule has 32 nitrogen and oxygen atoms in total. The molecule has 623 valence electrons. The summed E-state index contributed by atoms with van der Waals surface area (Å²) in [4.78, 5) is 59.8. The summed E-state index contributed by atoms with van der Waals surface area (Å²) in [6.45, 7) is 17.3. The van der Waals surface area contributed by atoms with Crippen LogP contribution in [0.5, 0.6) is 0 Å². The van der Waals surface area contributed by atoms with Gasteiger partial charge in [-0.05, 0) is 19.7 Å². The number of nitrogens with two attached hydrogens (primary N) is 7. The second kappa shape index (κ2) is 109. The molecule has 0 bridgehead atoms. The Kier molecular flexibility index (Phi) is 136. The number of hydrogen-bond donors (Lipinski definition) is 12. The van der Waals surface area contributed by atoms with E-state index in [2.05, 4.69) is 425 Å². The van der Waals surface area contributed by atoms with Crippen LogP contribution in [0, 0.1) is 7.43 Å². The number of hydrogen-bond acceptors (Lipinski definition) is 32. The zero-order valence-corrected chi connectivity index (χ0v) is 96.6. The molecule has 1 radical (unpaired) electrons. The largest absolute Gasteiger partial charge is 0 e. The molecule has 0 amide bonds. The molecule has 5 aliphatic heterocycles. The van der Waals surface area contributed by atoms with Crippen molar-refractivity contribution < 1.29 is 52.1 Å². The molecule has 107 heavy (non-hydrogen) atoms. The van der Waals surface area contributed by atoms with Crippen molar-refractivity contribution in [2.24, 2.45) is 40.9 Å². The van der Waals surface area contributed by atoms with Gasteiger partial charge in [0, 0.05) is 120 Å². The number of halogens is 20. The van der Waals surface area contributed by atoms with Gasteiger partial charge in [0.15, 0.2) is 0 Å². The van der Waals surface area contributed by atoms with Crippen molar-refractivity contribution in [3.8, 4) is 0 Å². The Morgan fingerprint density at radius 1 is 0.355 bits per heavy atom. The average molecular weight is 3320 g/mol. The SMILES string of the molecule is C.C1COCCN1.C1COCCN1.CI.CI.CI.CI.Clc1cc(Cl)ncn1.Clc1cc(Cl)ncn1.Clc1cc(N2CCOCC2)ncn1.ICI.ICI.NN.NN.NNc1cc(Cl)ncn1.NNc1cc(N2CCOCC2)ncn1.NNc1cc(N2CCOCC2)ncn1.[CH3-].[I][V]([I])[I].[I][V]([I])[I].[V]. The van der Waals surface area contributed by atoms with Crippen molar-refractivity contribution in [2.75, 3.05) is 187 Å². The molecule has 6 aromatic rings. The van der Waals surface area contributed by atoms with Crippen LogP contribution in [0.4, 0.5) is 34.9 Å². The predicted molar refractivity (Wildman–Crippen MR) is 562 cm³/mol. The second-order valence-corrected chi connectivity index (χ2v) is 97.8. The molecule has 5 aliphatic rings. The Morgan fingerprint density at radius 3 is 0.701 bits per heavy atom. The van der Waals surface area contributed by atoms with Gasteiger partial charge in [0.25, 0.3) is 0 Å². The third-order valence-electron chi connectivity index (χ3n) is 9.90. The minimum Gasteiger partial charge on any atom is 0 e. The molecule has 0 aromatic carbocycles. The number of rotatable bonds is 6. The van der Waals surface area contributed by atoms with E-state index >= 15 is 0 Å². The quantitative estimate of drug-likeness (QED) is 0.0184. The fraction of sp³-hybridized carbons (Fsp3) is 0.519. The van der Waals surface area contributed by atoms with Crippen molar-refractivity contribution in [3.05, 3.63) is 113 Å². The number of anilines is 6. The van der Waals surface area contributed by atoms with E-state index in [9.17, 15) is 0 Å². The fourth-order valence-corrected chi connectivity index (χ4v) is 7.13. The summed E-state index contributed by atoms with van der Waals surface area (Å²) in [5.74, 6) is 36.0. The predicted octanol–water partition coefficient (Wildman–Crippen LogP) is 15.2. The Labute approximate surface area is 859 Å². The molecule has 5 saturated heterocycles. The summed E-state index contributed by atoms with van der Waals surface area (Å²) in [6, 6.07) is 9.90. The van der Waals surface area contributed by atoms with E-state index < -0.39 is 0 Å². The summed E-state index contributed by atoms with van der Waals surface area (Å²) in [5, 5.41) is 8.64. The molecule has 0 atom stereocenters. The van der Waals surface area contributed by atoms with Crippen molar-refractivity contribution in [3.63, 3.8) is 0 Å². The maximum Gasteiger partial charge on any atom is 0 e. The van der Waals surface area contributed by atoms with E-state index in [-0.39, 0.29) is 43.3 Å². The van der Waals surface area contributed by atoms with Gasteiger partial charge >= 0.3 is 130 Å². The third-order valence-corrected chi connectivity index (χ3v) is 11.1. The van der Waals surface area contributed by atoms with Crippen LogP contribution in [0.25, 0.3) is 0 Å². The van der Waals surface area contributed by atoms with Crippen molar-refractivity contribution in [1.82, 2.24) is 70.4 Å². The molecule has 11 rings (SSSR count). The molecule has 55 heteroatoms. The van der Waals surface area contributed by atoms with Crippen LogP contribution >= 0.6 is 370 Å². The first-order chi connectivity index (χ1) is 50.4. The first-order valence-corrected chi connectivity index (χ1v) is 72.2. The topological polar surface area (TPSA) is 453 Å². The summed E-state index contributed by atoms with van der Waals surface area (Å²) in [5.41, 5.74) is 7.33. The monoisotopic (exact) mass is 3320 g/mol. The van der Waals surface area contributed by atoms with Gasteiger partial charge in [0.05, 0.1) is 70.9 Å². The van der Waals surface area contributed by atoms with Gasteiger partial charge in [-0.2, -0.15) is 0 Å². The molecular weight excluding hydrogens is 3220 g/mol. The summed E-state index contributed by atoms with van der Waals surface area (Å²) >= 11 is 65.3. The van der Waals surface area contributed by atoms with Crippen LogP contribution < -0.4 is 82.5 Å². The van der Waals surface area contributed by atoms with Crippen LogP contribution in [0.15, 0.2) is 74.4 Å². The Hall–Kier alpha value is 6.43. The molecule has 0 aliphatic carbocycles. The summed E-state index contributed by atoms with van der Waals surface area (Å²) in [6.07, 6.45) is 8.43. The van der Waals surface area contributed by atoms with Crippen LogP contribution in [0.1, 0.15) is 7.43 Å². The molecular formula is C52H94Cl6I14N27O5V3-. The van der Waals surface area contributed by atoms with Gasteiger partial charge in [-0.3, -0.25) is 23.4 Å². The van der Waals surface area contributed by atoms with E-state index in [0.717, 1.165) is 149 Å². The normalized spacial score (nSPS) is 12.7. The zero-order valence-electron chi connectivity index (χ0n) is 57.7. The summed E-state index contributed by atoms with van der Waals surface area (Å²) < 4.78 is 28.1. The number of hydrazine groups is 5. The van der Waals surface area contributed by atoms with Crippen LogP contribution in [0.3, 0.4) is 0 Å². The molecule has 0 saturated carbocycles. The Balaban J connectivity index is -0.000000121. The third kappa shape index (κ3) is 94.5. The molecule has 0 spiro atoms. The first kappa shape index (κ1) is 134. The minimum absolute atomic E-state index is 0. The number of nitrogens with zero attached hydrogens (tertiary/aromatic N) is 15. The molecule has 6 aromatic heterocycles. The molecule has 0 unspecified atom stereocenters.